The molecule has 1 amide bonds. The summed E-state index contributed by atoms with van der Waals surface area (Å²) in [7, 11) is 1.30. The summed E-state index contributed by atoms with van der Waals surface area (Å²) in [5, 5.41) is 0. The molecule has 112 valence electrons. The maximum atomic E-state index is 13.9. The van der Waals surface area contributed by atoms with Crippen LogP contribution in [0.4, 0.5) is 10.1 Å². The Morgan fingerprint density at radius 3 is 2.71 bits per heavy atom. The predicted octanol–water partition coefficient (Wildman–Crippen LogP) is 2.69. The van der Waals surface area contributed by atoms with Gasteiger partial charge in [-0.05, 0) is 31.9 Å². The van der Waals surface area contributed by atoms with Gasteiger partial charge in [0, 0.05) is 12.1 Å². The van der Waals surface area contributed by atoms with Crippen molar-refractivity contribution in [1.82, 2.24) is 0 Å². The molecule has 1 unspecified atom stereocenters. The molecular formula is C16H18FNO3. The first-order valence-electron chi connectivity index (χ1n) is 6.94. The third kappa shape index (κ3) is 2.96. The Morgan fingerprint density at radius 1 is 1.38 bits per heavy atom. The van der Waals surface area contributed by atoms with Gasteiger partial charge in [-0.3, -0.25) is 9.59 Å². The number of allylic oxidation sites excluding steroid dienone is 1. The van der Waals surface area contributed by atoms with E-state index in [-0.39, 0.29) is 11.6 Å². The number of halogens is 1. The molecule has 1 atom stereocenters. The van der Waals surface area contributed by atoms with Gasteiger partial charge in [-0.1, -0.05) is 18.2 Å². The number of anilines is 1. The zero-order valence-electron chi connectivity index (χ0n) is 12.1. The lowest BCUT2D eigenvalue weighted by atomic mass is 10.0. The Labute approximate surface area is 123 Å². The van der Waals surface area contributed by atoms with Crippen molar-refractivity contribution in [2.45, 2.75) is 19.8 Å². The summed E-state index contributed by atoms with van der Waals surface area (Å²) in [5.41, 5.74) is 0.619. The number of nitrogens with zero attached hydrogens (tertiary/aromatic N) is 1. The number of methoxy groups -OCH3 is 1. The lowest BCUT2D eigenvalue weighted by Crippen LogP contribution is -2.35. The highest BCUT2D eigenvalue weighted by Gasteiger charge is 2.34. The van der Waals surface area contributed by atoms with Gasteiger partial charge in [-0.2, -0.15) is 0 Å². The van der Waals surface area contributed by atoms with Crippen LogP contribution in [0.2, 0.25) is 0 Å². The molecule has 0 radical (unpaired) electrons. The highest BCUT2D eigenvalue weighted by atomic mass is 19.1. The molecule has 0 heterocycles. The van der Waals surface area contributed by atoms with Crippen LogP contribution in [0.25, 0.3) is 0 Å². The standard InChI is InChI=1S/C16H18FNO3/c1-3-18(14-10-5-4-9-13(14)17)15(19)11-7-6-8-12(11)16(20)21-2/h4-5,7,9-10,12H,3,6,8H2,1-2H3. The number of carbonyl (C=O) groups excluding carboxylic acids is 2. The average Bonchev–Trinajstić information content (AvgIpc) is 2.98. The van der Waals surface area contributed by atoms with Crippen LogP contribution >= 0.6 is 0 Å². The molecule has 2 rings (SSSR count). The van der Waals surface area contributed by atoms with E-state index in [9.17, 15) is 14.0 Å². The van der Waals surface area contributed by atoms with E-state index in [4.69, 9.17) is 4.74 Å². The Kier molecular flexibility index (Phi) is 4.73. The zero-order chi connectivity index (χ0) is 15.4. The fourth-order valence-corrected chi connectivity index (χ4v) is 2.58. The molecule has 4 nitrogen and oxygen atoms in total. The lowest BCUT2D eigenvalue weighted by Gasteiger charge is -2.24. The number of carbonyl (C=O) groups is 2. The van der Waals surface area contributed by atoms with Crippen LogP contribution in [0.1, 0.15) is 19.8 Å². The van der Waals surface area contributed by atoms with E-state index in [2.05, 4.69) is 0 Å². The molecule has 5 heteroatoms. The van der Waals surface area contributed by atoms with Gasteiger partial charge in [0.25, 0.3) is 5.91 Å². The first-order valence-corrected chi connectivity index (χ1v) is 6.94. The van der Waals surface area contributed by atoms with E-state index in [1.165, 1.54) is 18.1 Å². The fraction of sp³-hybridized carbons (Fsp3) is 0.375. The lowest BCUT2D eigenvalue weighted by molar-refractivity contribution is -0.144. The van der Waals surface area contributed by atoms with Crippen molar-refractivity contribution < 1.29 is 18.7 Å². The second-order valence-electron chi connectivity index (χ2n) is 4.81. The van der Waals surface area contributed by atoms with Crippen LogP contribution in [-0.4, -0.2) is 25.5 Å². The van der Waals surface area contributed by atoms with Gasteiger partial charge in [0.1, 0.15) is 5.82 Å². The van der Waals surface area contributed by atoms with Gasteiger partial charge in [0.05, 0.1) is 18.7 Å². The van der Waals surface area contributed by atoms with Crippen molar-refractivity contribution in [3.63, 3.8) is 0 Å². The largest absolute Gasteiger partial charge is 0.469 e. The van der Waals surface area contributed by atoms with Gasteiger partial charge < -0.3 is 9.64 Å². The Balaban J connectivity index is 2.29. The third-order valence-corrected chi connectivity index (χ3v) is 3.63. The van der Waals surface area contributed by atoms with Gasteiger partial charge >= 0.3 is 5.97 Å². The fourth-order valence-electron chi connectivity index (χ4n) is 2.58. The summed E-state index contributed by atoms with van der Waals surface area (Å²) >= 11 is 0. The van der Waals surface area contributed by atoms with E-state index < -0.39 is 17.7 Å². The van der Waals surface area contributed by atoms with Gasteiger partial charge in [-0.15, -0.1) is 0 Å². The Morgan fingerprint density at radius 2 is 2.10 bits per heavy atom. The van der Waals surface area contributed by atoms with E-state index in [1.807, 2.05) is 0 Å². The molecule has 0 N–H and O–H groups in total. The van der Waals surface area contributed by atoms with Gasteiger partial charge in [0.15, 0.2) is 0 Å². The second-order valence-corrected chi connectivity index (χ2v) is 4.81. The van der Waals surface area contributed by atoms with Crippen LogP contribution < -0.4 is 4.90 Å². The molecule has 1 aliphatic carbocycles. The minimum atomic E-state index is -0.552. The van der Waals surface area contributed by atoms with E-state index >= 15 is 0 Å². The second kappa shape index (κ2) is 6.52. The highest BCUT2D eigenvalue weighted by Crippen LogP contribution is 2.30. The highest BCUT2D eigenvalue weighted by molar-refractivity contribution is 6.09. The molecule has 0 aliphatic heterocycles. The maximum Gasteiger partial charge on any atom is 0.313 e. The summed E-state index contributed by atoms with van der Waals surface area (Å²) in [6.07, 6.45) is 2.95. The van der Waals surface area contributed by atoms with Gasteiger partial charge in [0.2, 0.25) is 0 Å². The molecule has 1 aromatic rings. The van der Waals surface area contributed by atoms with Crippen molar-refractivity contribution >= 4 is 17.6 Å². The first kappa shape index (κ1) is 15.2. The molecule has 0 fully saturated rings. The zero-order valence-corrected chi connectivity index (χ0v) is 12.1. The average molecular weight is 291 g/mol. The first-order chi connectivity index (χ1) is 10.1. The number of amides is 1. The van der Waals surface area contributed by atoms with Gasteiger partial charge in [-0.25, -0.2) is 4.39 Å². The number of hydrogen-bond acceptors (Lipinski definition) is 3. The summed E-state index contributed by atoms with van der Waals surface area (Å²) in [4.78, 5) is 25.7. The molecule has 0 spiro atoms. The molecule has 21 heavy (non-hydrogen) atoms. The maximum absolute atomic E-state index is 13.9. The van der Waals surface area contributed by atoms with E-state index in [1.54, 1.807) is 31.2 Å². The quantitative estimate of drug-likeness (QED) is 0.801. The van der Waals surface area contributed by atoms with Crippen molar-refractivity contribution in [3.05, 3.63) is 41.7 Å². The van der Waals surface area contributed by atoms with Crippen LogP contribution in [0.5, 0.6) is 0 Å². The number of ether oxygens (including phenoxy) is 1. The van der Waals surface area contributed by atoms with Crippen molar-refractivity contribution in [3.8, 4) is 0 Å². The number of rotatable bonds is 4. The van der Waals surface area contributed by atoms with Crippen LogP contribution in [-0.2, 0) is 14.3 Å². The molecule has 0 saturated heterocycles. The normalized spacial score (nSPS) is 17.3. The molecule has 1 aliphatic rings. The Hall–Kier alpha value is -2.17. The summed E-state index contributed by atoms with van der Waals surface area (Å²) in [5.74, 6) is -1.77. The third-order valence-electron chi connectivity index (χ3n) is 3.63. The van der Waals surface area contributed by atoms with Crippen LogP contribution in [0.3, 0.4) is 0 Å². The number of hydrogen-bond donors (Lipinski definition) is 0. The van der Waals surface area contributed by atoms with Crippen LogP contribution in [0, 0.1) is 11.7 Å². The molecule has 1 aromatic carbocycles. The minimum absolute atomic E-state index is 0.224. The van der Waals surface area contributed by atoms with Crippen LogP contribution in [0.15, 0.2) is 35.9 Å². The number of esters is 1. The summed E-state index contributed by atoms with van der Waals surface area (Å²) in [6, 6.07) is 6.11. The number of likely N-dealkylation sites (N-methyl/N-ethyl adjacent to an activating group) is 1. The van der Waals surface area contributed by atoms with Crippen molar-refractivity contribution in [2.75, 3.05) is 18.6 Å². The monoisotopic (exact) mass is 291 g/mol. The van der Waals surface area contributed by atoms with E-state index in [0.29, 0.717) is 25.0 Å². The Bertz CT molecular complexity index is 583. The topological polar surface area (TPSA) is 46.6 Å². The predicted molar refractivity (Wildman–Crippen MR) is 77.3 cm³/mol. The molecular weight excluding hydrogens is 273 g/mol. The van der Waals surface area contributed by atoms with E-state index in [0.717, 1.165) is 0 Å². The molecule has 0 saturated carbocycles. The molecule has 0 bridgehead atoms. The molecule has 0 aromatic heterocycles. The smallest absolute Gasteiger partial charge is 0.313 e. The van der Waals surface area contributed by atoms with Crippen molar-refractivity contribution in [1.29, 1.82) is 0 Å². The van der Waals surface area contributed by atoms with Crippen molar-refractivity contribution in [2.24, 2.45) is 5.92 Å². The summed E-state index contributed by atoms with van der Waals surface area (Å²) in [6.45, 7) is 2.10. The number of benzene rings is 1. The summed E-state index contributed by atoms with van der Waals surface area (Å²) < 4.78 is 18.6. The minimum Gasteiger partial charge on any atom is -0.469 e. The SMILES string of the molecule is CCN(C(=O)C1=CCCC1C(=O)OC)c1ccccc1F. The number of para-hydroxylation sites is 1.